The molecule has 0 atom stereocenters. The average molecular weight is 419 g/mol. The summed E-state index contributed by atoms with van der Waals surface area (Å²) in [6.07, 6.45) is 2.17. The Kier molecular flexibility index (Phi) is 13.3. The standard InChI is InChI=1S/C17H29N3O.HI/c1-4-18-17(19-12-6-7-13-21-5-2)20-14-16-10-8-15(3)9-11-16;/h8-11H,4-7,12-14H2,1-3H3,(H2,18,19,20);1H. The number of aryl methyl sites for hydroxylation is 1. The maximum Gasteiger partial charge on any atom is 0.191 e. The van der Waals surface area contributed by atoms with Gasteiger partial charge in [0, 0.05) is 26.3 Å². The van der Waals surface area contributed by atoms with Gasteiger partial charge in [0.05, 0.1) is 6.54 Å². The summed E-state index contributed by atoms with van der Waals surface area (Å²) in [6, 6.07) is 8.51. The summed E-state index contributed by atoms with van der Waals surface area (Å²) in [4.78, 5) is 4.61. The van der Waals surface area contributed by atoms with Crippen LogP contribution in [-0.4, -0.2) is 32.3 Å². The number of ether oxygens (including phenoxy) is 1. The van der Waals surface area contributed by atoms with Crippen LogP contribution < -0.4 is 10.6 Å². The molecule has 0 saturated carbocycles. The second-order valence-electron chi connectivity index (χ2n) is 5.01. The molecule has 22 heavy (non-hydrogen) atoms. The van der Waals surface area contributed by atoms with Gasteiger partial charge in [-0.25, -0.2) is 4.99 Å². The number of hydrogen-bond donors (Lipinski definition) is 2. The largest absolute Gasteiger partial charge is 0.382 e. The Balaban J connectivity index is 0.00000441. The molecule has 0 unspecified atom stereocenters. The Labute approximate surface area is 152 Å². The molecule has 0 amide bonds. The zero-order chi connectivity index (χ0) is 15.3. The monoisotopic (exact) mass is 419 g/mol. The van der Waals surface area contributed by atoms with Crippen molar-refractivity contribution in [1.29, 1.82) is 0 Å². The van der Waals surface area contributed by atoms with E-state index in [1.807, 2.05) is 6.92 Å². The van der Waals surface area contributed by atoms with Crippen molar-refractivity contribution in [3.8, 4) is 0 Å². The minimum Gasteiger partial charge on any atom is -0.382 e. The Morgan fingerprint density at radius 3 is 2.45 bits per heavy atom. The van der Waals surface area contributed by atoms with E-state index in [1.165, 1.54) is 11.1 Å². The van der Waals surface area contributed by atoms with E-state index >= 15 is 0 Å². The van der Waals surface area contributed by atoms with Crippen LogP contribution in [-0.2, 0) is 11.3 Å². The summed E-state index contributed by atoms with van der Waals surface area (Å²) in [7, 11) is 0. The van der Waals surface area contributed by atoms with Gasteiger partial charge in [-0.05, 0) is 39.2 Å². The second kappa shape index (κ2) is 13.8. The lowest BCUT2D eigenvalue weighted by molar-refractivity contribution is 0.143. The van der Waals surface area contributed by atoms with Crippen molar-refractivity contribution in [2.45, 2.75) is 40.2 Å². The third-order valence-corrected chi connectivity index (χ3v) is 3.10. The number of rotatable bonds is 9. The van der Waals surface area contributed by atoms with Crippen molar-refractivity contribution in [2.24, 2.45) is 4.99 Å². The quantitative estimate of drug-likeness (QED) is 0.279. The van der Waals surface area contributed by atoms with E-state index in [2.05, 4.69) is 53.7 Å². The molecule has 0 radical (unpaired) electrons. The molecule has 0 aliphatic rings. The molecule has 126 valence electrons. The van der Waals surface area contributed by atoms with Crippen LogP contribution in [0.3, 0.4) is 0 Å². The van der Waals surface area contributed by atoms with Crippen molar-refractivity contribution in [3.63, 3.8) is 0 Å². The van der Waals surface area contributed by atoms with Crippen molar-refractivity contribution in [1.82, 2.24) is 10.6 Å². The van der Waals surface area contributed by atoms with E-state index in [0.717, 1.165) is 45.1 Å². The number of aliphatic imine (C=N–C) groups is 1. The molecule has 1 aromatic carbocycles. The SMILES string of the molecule is CCNC(=NCc1ccc(C)cc1)NCCCCOCC.I. The van der Waals surface area contributed by atoms with Crippen molar-refractivity contribution in [2.75, 3.05) is 26.3 Å². The number of nitrogens with one attached hydrogen (secondary N) is 2. The third kappa shape index (κ3) is 10.00. The smallest absolute Gasteiger partial charge is 0.191 e. The number of hydrogen-bond acceptors (Lipinski definition) is 2. The normalized spacial score (nSPS) is 11.0. The number of halogens is 1. The minimum atomic E-state index is 0. The Bertz CT molecular complexity index is 407. The van der Waals surface area contributed by atoms with Crippen molar-refractivity contribution >= 4 is 29.9 Å². The molecular formula is C17H30IN3O. The Morgan fingerprint density at radius 2 is 1.82 bits per heavy atom. The summed E-state index contributed by atoms with van der Waals surface area (Å²) in [5.41, 5.74) is 2.51. The van der Waals surface area contributed by atoms with Crippen LogP contribution in [0.25, 0.3) is 0 Å². The van der Waals surface area contributed by atoms with E-state index < -0.39 is 0 Å². The highest BCUT2D eigenvalue weighted by molar-refractivity contribution is 14.0. The molecule has 0 aliphatic heterocycles. The van der Waals surface area contributed by atoms with Gasteiger partial charge < -0.3 is 15.4 Å². The molecule has 1 aromatic rings. The predicted molar refractivity (Wildman–Crippen MR) is 105 cm³/mol. The fraction of sp³-hybridized carbons (Fsp3) is 0.588. The van der Waals surface area contributed by atoms with Crippen LogP contribution >= 0.6 is 24.0 Å². The molecule has 0 aliphatic carbocycles. The molecule has 0 heterocycles. The summed E-state index contributed by atoms with van der Waals surface area (Å²) in [6.45, 7) is 10.3. The maximum atomic E-state index is 5.33. The molecule has 0 bridgehead atoms. The van der Waals surface area contributed by atoms with Gasteiger partial charge in [-0.1, -0.05) is 29.8 Å². The van der Waals surface area contributed by atoms with Crippen LogP contribution in [0.4, 0.5) is 0 Å². The van der Waals surface area contributed by atoms with Crippen LogP contribution in [0.5, 0.6) is 0 Å². The lowest BCUT2D eigenvalue weighted by Gasteiger charge is -2.11. The van der Waals surface area contributed by atoms with Crippen LogP contribution in [0.15, 0.2) is 29.3 Å². The summed E-state index contributed by atoms with van der Waals surface area (Å²) in [5.74, 6) is 0.884. The fourth-order valence-electron chi connectivity index (χ4n) is 1.89. The molecule has 5 heteroatoms. The topological polar surface area (TPSA) is 45.7 Å². The molecule has 1 rings (SSSR count). The third-order valence-electron chi connectivity index (χ3n) is 3.10. The van der Waals surface area contributed by atoms with Crippen LogP contribution in [0.2, 0.25) is 0 Å². The lowest BCUT2D eigenvalue weighted by atomic mass is 10.1. The first kappa shape index (κ1) is 21.2. The van der Waals surface area contributed by atoms with E-state index in [1.54, 1.807) is 0 Å². The Hall–Kier alpha value is -0.820. The molecule has 0 saturated heterocycles. The lowest BCUT2D eigenvalue weighted by Crippen LogP contribution is -2.37. The van der Waals surface area contributed by atoms with Gasteiger partial charge in [0.2, 0.25) is 0 Å². The number of nitrogens with zero attached hydrogens (tertiary/aromatic N) is 1. The van der Waals surface area contributed by atoms with E-state index in [4.69, 9.17) is 4.74 Å². The van der Waals surface area contributed by atoms with Crippen molar-refractivity contribution < 1.29 is 4.74 Å². The fourth-order valence-corrected chi connectivity index (χ4v) is 1.89. The summed E-state index contributed by atoms with van der Waals surface area (Å²) in [5, 5.41) is 6.64. The van der Waals surface area contributed by atoms with E-state index in [0.29, 0.717) is 6.54 Å². The first-order chi connectivity index (χ1) is 10.3. The molecule has 0 spiro atoms. The molecule has 0 aromatic heterocycles. The van der Waals surface area contributed by atoms with Gasteiger partial charge in [-0.15, -0.1) is 24.0 Å². The number of benzene rings is 1. The first-order valence-electron chi connectivity index (χ1n) is 7.91. The molecule has 2 N–H and O–H groups in total. The van der Waals surface area contributed by atoms with Crippen LogP contribution in [0, 0.1) is 6.92 Å². The zero-order valence-electron chi connectivity index (χ0n) is 14.0. The number of unbranched alkanes of at least 4 members (excludes halogenated alkanes) is 1. The van der Waals surface area contributed by atoms with Gasteiger partial charge in [-0.2, -0.15) is 0 Å². The average Bonchev–Trinajstić information content (AvgIpc) is 2.49. The van der Waals surface area contributed by atoms with E-state index in [9.17, 15) is 0 Å². The summed E-state index contributed by atoms with van der Waals surface area (Å²) >= 11 is 0. The highest BCUT2D eigenvalue weighted by atomic mass is 127. The van der Waals surface area contributed by atoms with Gasteiger partial charge in [0.15, 0.2) is 5.96 Å². The maximum absolute atomic E-state index is 5.33. The molecule has 4 nitrogen and oxygen atoms in total. The minimum absolute atomic E-state index is 0. The predicted octanol–water partition coefficient (Wildman–Crippen LogP) is 3.48. The Morgan fingerprint density at radius 1 is 1.09 bits per heavy atom. The van der Waals surface area contributed by atoms with Crippen molar-refractivity contribution in [3.05, 3.63) is 35.4 Å². The summed E-state index contributed by atoms with van der Waals surface area (Å²) < 4.78 is 5.33. The highest BCUT2D eigenvalue weighted by Crippen LogP contribution is 2.04. The zero-order valence-corrected chi connectivity index (χ0v) is 16.4. The van der Waals surface area contributed by atoms with Gasteiger partial charge in [0.25, 0.3) is 0 Å². The van der Waals surface area contributed by atoms with Gasteiger partial charge in [0.1, 0.15) is 0 Å². The molecule has 0 fully saturated rings. The highest BCUT2D eigenvalue weighted by Gasteiger charge is 1.97. The molecular weight excluding hydrogens is 389 g/mol. The van der Waals surface area contributed by atoms with E-state index in [-0.39, 0.29) is 24.0 Å². The van der Waals surface area contributed by atoms with Crippen LogP contribution in [0.1, 0.15) is 37.8 Å². The van der Waals surface area contributed by atoms with Gasteiger partial charge >= 0.3 is 0 Å². The second-order valence-corrected chi connectivity index (χ2v) is 5.01. The first-order valence-corrected chi connectivity index (χ1v) is 7.91. The number of guanidine groups is 1. The van der Waals surface area contributed by atoms with Gasteiger partial charge in [-0.3, -0.25) is 0 Å².